The van der Waals surface area contributed by atoms with Crippen molar-refractivity contribution in [1.29, 1.82) is 0 Å². The number of nitrogens with one attached hydrogen (secondary N) is 1. The van der Waals surface area contributed by atoms with Gasteiger partial charge in [0.15, 0.2) is 0 Å². The summed E-state index contributed by atoms with van der Waals surface area (Å²) in [6.45, 7) is 3.87. The van der Waals surface area contributed by atoms with Crippen LogP contribution in [0.1, 0.15) is 18.5 Å². The van der Waals surface area contributed by atoms with Gasteiger partial charge in [-0.3, -0.25) is 4.79 Å². The van der Waals surface area contributed by atoms with Crippen molar-refractivity contribution in [2.24, 2.45) is 0 Å². The number of anilines is 1. The molecule has 1 unspecified atom stereocenters. The number of aromatic nitrogens is 1. The lowest BCUT2D eigenvalue weighted by atomic mass is 10.2. The zero-order valence-electron chi connectivity index (χ0n) is 12.5. The Balaban J connectivity index is 1.87. The van der Waals surface area contributed by atoms with E-state index >= 15 is 0 Å². The number of rotatable bonds is 3. The highest BCUT2D eigenvalue weighted by atomic mass is 35.5. The van der Waals surface area contributed by atoms with Crippen LogP contribution < -0.4 is 5.32 Å². The summed E-state index contributed by atoms with van der Waals surface area (Å²) in [5.74, 6) is -0.0400. The number of fused-ring (bicyclic) bond motifs is 1. The van der Waals surface area contributed by atoms with E-state index in [1.807, 2.05) is 73.1 Å². The first-order valence-corrected chi connectivity index (χ1v) is 7.56. The monoisotopic (exact) mass is 312 g/mol. The molecule has 4 heteroatoms. The Labute approximate surface area is 134 Å². The highest BCUT2D eigenvalue weighted by Gasteiger charge is 2.17. The van der Waals surface area contributed by atoms with Crippen LogP contribution in [0, 0.1) is 6.92 Å². The van der Waals surface area contributed by atoms with Crippen LogP contribution in [0.4, 0.5) is 5.69 Å². The molecule has 1 amide bonds. The molecule has 0 bridgehead atoms. The molecule has 0 saturated carbocycles. The van der Waals surface area contributed by atoms with Crippen molar-refractivity contribution in [2.75, 3.05) is 5.32 Å². The second-order valence-corrected chi connectivity index (χ2v) is 5.84. The molecule has 0 radical (unpaired) electrons. The fraction of sp³-hybridized carbons (Fsp3) is 0.167. The summed E-state index contributed by atoms with van der Waals surface area (Å²) in [5, 5.41) is 4.72. The van der Waals surface area contributed by atoms with Crippen LogP contribution in [0.3, 0.4) is 0 Å². The zero-order valence-corrected chi connectivity index (χ0v) is 13.3. The van der Waals surface area contributed by atoms with Crippen molar-refractivity contribution in [1.82, 2.24) is 4.57 Å². The second kappa shape index (κ2) is 5.85. The minimum Gasteiger partial charge on any atom is -0.335 e. The third kappa shape index (κ3) is 2.72. The van der Waals surface area contributed by atoms with Gasteiger partial charge in [-0.15, -0.1) is 0 Å². The molecule has 0 aliphatic rings. The van der Waals surface area contributed by atoms with Gasteiger partial charge < -0.3 is 9.88 Å². The molecule has 1 heterocycles. The van der Waals surface area contributed by atoms with Gasteiger partial charge in [0.1, 0.15) is 6.04 Å². The maximum atomic E-state index is 12.5. The van der Waals surface area contributed by atoms with Crippen molar-refractivity contribution in [3.05, 3.63) is 65.3 Å². The Bertz CT molecular complexity index is 838. The SMILES string of the molecule is Cc1ccccc1NC(=O)C(C)n1ccc2cc(Cl)ccc21. The smallest absolute Gasteiger partial charge is 0.247 e. The minimum atomic E-state index is -0.307. The number of hydrogen-bond donors (Lipinski definition) is 1. The van der Waals surface area contributed by atoms with Crippen LogP contribution in [-0.2, 0) is 4.79 Å². The van der Waals surface area contributed by atoms with E-state index < -0.39 is 0 Å². The van der Waals surface area contributed by atoms with Crippen molar-refractivity contribution in [3.8, 4) is 0 Å². The average Bonchev–Trinajstić information content (AvgIpc) is 2.91. The maximum Gasteiger partial charge on any atom is 0.247 e. The number of para-hydroxylation sites is 1. The number of aryl methyl sites for hydroxylation is 1. The van der Waals surface area contributed by atoms with Crippen LogP contribution in [-0.4, -0.2) is 10.5 Å². The van der Waals surface area contributed by atoms with E-state index in [1.165, 1.54) is 0 Å². The molecular weight excluding hydrogens is 296 g/mol. The van der Waals surface area contributed by atoms with Crippen LogP contribution in [0.2, 0.25) is 5.02 Å². The molecule has 0 aliphatic carbocycles. The van der Waals surface area contributed by atoms with Crippen molar-refractivity contribution < 1.29 is 4.79 Å². The maximum absolute atomic E-state index is 12.5. The molecule has 1 N–H and O–H groups in total. The molecule has 1 aromatic heterocycles. The van der Waals surface area contributed by atoms with Crippen LogP contribution in [0.15, 0.2) is 54.7 Å². The van der Waals surface area contributed by atoms with E-state index in [0.717, 1.165) is 22.2 Å². The molecule has 3 aromatic rings. The first kappa shape index (κ1) is 14.7. The van der Waals surface area contributed by atoms with Crippen molar-refractivity contribution in [3.63, 3.8) is 0 Å². The van der Waals surface area contributed by atoms with E-state index in [1.54, 1.807) is 0 Å². The molecule has 3 nitrogen and oxygen atoms in total. The highest BCUT2D eigenvalue weighted by molar-refractivity contribution is 6.31. The van der Waals surface area contributed by atoms with Gasteiger partial charge in [-0.05, 0) is 49.7 Å². The lowest BCUT2D eigenvalue weighted by Crippen LogP contribution is -2.23. The van der Waals surface area contributed by atoms with Crippen molar-refractivity contribution >= 4 is 34.1 Å². The van der Waals surface area contributed by atoms with Gasteiger partial charge in [-0.25, -0.2) is 0 Å². The Morgan fingerprint density at radius 2 is 1.95 bits per heavy atom. The van der Waals surface area contributed by atoms with Crippen molar-refractivity contribution in [2.45, 2.75) is 19.9 Å². The van der Waals surface area contributed by atoms with E-state index in [4.69, 9.17) is 11.6 Å². The molecule has 0 fully saturated rings. The van der Waals surface area contributed by atoms with E-state index in [9.17, 15) is 4.79 Å². The van der Waals surface area contributed by atoms with Crippen LogP contribution >= 0.6 is 11.6 Å². The fourth-order valence-corrected chi connectivity index (χ4v) is 2.73. The fourth-order valence-electron chi connectivity index (χ4n) is 2.55. The predicted octanol–water partition coefficient (Wildman–Crippen LogP) is 4.80. The topological polar surface area (TPSA) is 34.0 Å². The molecule has 0 saturated heterocycles. The molecule has 1 atom stereocenters. The molecule has 112 valence electrons. The standard InChI is InChI=1S/C18H17ClN2O/c1-12-5-3-4-6-16(12)20-18(22)13(2)21-10-9-14-11-15(19)7-8-17(14)21/h3-11,13H,1-2H3,(H,20,22). The quantitative estimate of drug-likeness (QED) is 0.740. The third-order valence-corrected chi connectivity index (χ3v) is 4.12. The van der Waals surface area contributed by atoms with Gasteiger partial charge >= 0.3 is 0 Å². The summed E-state index contributed by atoms with van der Waals surface area (Å²) < 4.78 is 1.96. The number of carbonyl (C=O) groups excluding carboxylic acids is 1. The second-order valence-electron chi connectivity index (χ2n) is 5.41. The van der Waals surface area contributed by atoms with Gasteiger partial charge in [0.25, 0.3) is 0 Å². The predicted molar refractivity (Wildman–Crippen MR) is 91.5 cm³/mol. The zero-order chi connectivity index (χ0) is 15.7. The molecule has 22 heavy (non-hydrogen) atoms. The molecule has 2 aromatic carbocycles. The molecule has 0 spiro atoms. The Kier molecular flexibility index (Phi) is 3.90. The van der Waals surface area contributed by atoms with Crippen LogP contribution in [0.5, 0.6) is 0 Å². The Morgan fingerprint density at radius 3 is 2.73 bits per heavy atom. The van der Waals surface area contributed by atoms with Gasteiger partial charge in [0.2, 0.25) is 5.91 Å². The molecular formula is C18H17ClN2O. The number of benzene rings is 2. The average molecular weight is 313 g/mol. The van der Waals surface area contributed by atoms with Gasteiger partial charge in [-0.2, -0.15) is 0 Å². The van der Waals surface area contributed by atoms with Gasteiger partial charge in [0, 0.05) is 27.8 Å². The highest BCUT2D eigenvalue weighted by Crippen LogP contribution is 2.24. The largest absolute Gasteiger partial charge is 0.335 e. The molecule has 3 rings (SSSR count). The number of hydrogen-bond acceptors (Lipinski definition) is 1. The lowest BCUT2D eigenvalue weighted by Gasteiger charge is -2.16. The number of nitrogens with zero attached hydrogens (tertiary/aromatic N) is 1. The summed E-state index contributed by atoms with van der Waals surface area (Å²) in [6, 6.07) is 15.1. The minimum absolute atomic E-state index is 0.0400. The van der Waals surface area contributed by atoms with E-state index in [2.05, 4.69) is 5.32 Å². The van der Waals surface area contributed by atoms with E-state index in [0.29, 0.717) is 5.02 Å². The summed E-state index contributed by atoms with van der Waals surface area (Å²) in [6.07, 6.45) is 1.92. The van der Waals surface area contributed by atoms with Crippen LogP contribution in [0.25, 0.3) is 10.9 Å². The summed E-state index contributed by atoms with van der Waals surface area (Å²) in [4.78, 5) is 12.5. The first-order valence-electron chi connectivity index (χ1n) is 7.19. The molecule has 0 aliphatic heterocycles. The van der Waals surface area contributed by atoms with Gasteiger partial charge in [0.05, 0.1) is 0 Å². The van der Waals surface area contributed by atoms with Gasteiger partial charge in [-0.1, -0.05) is 29.8 Å². The number of halogens is 1. The number of amides is 1. The van der Waals surface area contributed by atoms with E-state index in [-0.39, 0.29) is 11.9 Å². The normalized spacial score (nSPS) is 12.3. The number of carbonyl (C=O) groups is 1. The first-order chi connectivity index (χ1) is 10.6. The third-order valence-electron chi connectivity index (χ3n) is 3.88. The Morgan fingerprint density at radius 1 is 1.18 bits per heavy atom. The summed E-state index contributed by atoms with van der Waals surface area (Å²) >= 11 is 6.01. The summed E-state index contributed by atoms with van der Waals surface area (Å²) in [5.41, 5.74) is 2.89. The Hall–Kier alpha value is -2.26. The lowest BCUT2D eigenvalue weighted by molar-refractivity contribution is -0.118. The summed E-state index contributed by atoms with van der Waals surface area (Å²) in [7, 11) is 0.